The molecule has 3 rings (SSSR count). The lowest BCUT2D eigenvalue weighted by atomic mass is 10.3. The summed E-state index contributed by atoms with van der Waals surface area (Å²) in [4.78, 5) is 4.40. The second kappa shape index (κ2) is 5.61. The average molecular weight is 328 g/mol. The van der Waals surface area contributed by atoms with Gasteiger partial charge in [0.15, 0.2) is 0 Å². The van der Waals surface area contributed by atoms with Crippen LogP contribution in [0.3, 0.4) is 0 Å². The van der Waals surface area contributed by atoms with Gasteiger partial charge < -0.3 is 4.57 Å². The highest BCUT2D eigenvalue weighted by molar-refractivity contribution is 6.31. The first-order chi connectivity index (χ1) is 10.1. The van der Waals surface area contributed by atoms with Gasteiger partial charge >= 0.3 is 0 Å². The van der Waals surface area contributed by atoms with Crippen LogP contribution in [-0.2, 0) is 13.1 Å². The highest BCUT2D eigenvalue weighted by Crippen LogP contribution is 2.28. The number of fused-ring (bicyclic) bond motifs is 1. The van der Waals surface area contributed by atoms with Crippen molar-refractivity contribution in [2.75, 3.05) is 0 Å². The van der Waals surface area contributed by atoms with Gasteiger partial charge in [-0.2, -0.15) is 0 Å². The summed E-state index contributed by atoms with van der Waals surface area (Å²) in [7, 11) is 0. The van der Waals surface area contributed by atoms with E-state index in [1.54, 1.807) is 23.1 Å². The van der Waals surface area contributed by atoms with Crippen molar-refractivity contribution >= 4 is 34.2 Å². The molecule has 0 amide bonds. The smallest absolute Gasteiger partial charge is 0.144 e. The third kappa shape index (κ3) is 2.73. The van der Waals surface area contributed by atoms with Crippen LogP contribution in [0.5, 0.6) is 0 Å². The van der Waals surface area contributed by atoms with Gasteiger partial charge in [-0.1, -0.05) is 16.8 Å². The van der Waals surface area contributed by atoms with Crippen molar-refractivity contribution in [2.45, 2.75) is 25.4 Å². The zero-order chi connectivity index (χ0) is 15.0. The minimum Gasteiger partial charge on any atom is -0.325 e. The largest absolute Gasteiger partial charge is 0.325 e. The first-order valence-corrected chi connectivity index (χ1v) is 7.21. The lowest BCUT2D eigenvalue weighted by Crippen LogP contribution is -2.11. The molecule has 0 aliphatic rings. The predicted octanol–water partition coefficient (Wildman–Crippen LogP) is 3.42. The minimum absolute atomic E-state index is 0.0678. The molecule has 5 nitrogen and oxygen atoms in total. The molecular weight excluding hydrogens is 316 g/mol. The highest BCUT2D eigenvalue weighted by Gasteiger charge is 2.17. The third-order valence-electron chi connectivity index (χ3n) is 3.20. The predicted molar refractivity (Wildman–Crippen MR) is 79.0 cm³/mol. The van der Waals surface area contributed by atoms with E-state index in [1.807, 2.05) is 11.5 Å². The van der Waals surface area contributed by atoms with Crippen molar-refractivity contribution in [2.24, 2.45) is 0 Å². The van der Waals surface area contributed by atoms with Crippen LogP contribution in [0.15, 0.2) is 24.5 Å². The molecule has 8 heteroatoms. The molecule has 1 unspecified atom stereocenters. The van der Waals surface area contributed by atoms with Crippen LogP contribution >= 0.6 is 23.2 Å². The average Bonchev–Trinajstić information content (AvgIpc) is 3.05. The molecule has 0 spiro atoms. The van der Waals surface area contributed by atoms with Crippen LogP contribution in [-0.4, -0.2) is 24.5 Å². The molecular formula is C13H12Cl2FN5. The fourth-order valence-electron chi connectivity index (χ4n) is 2.23. The summed E-state index contributed by atoms with van der Waals surface area (Å²) in [5.74, 6) is 0.187. The van der Waals surface area contributed by atoms with E-state index < -0.39 is 5.82 Å². The van der Waals surface area contributed by atoms with E-state index in [4.69, 9.17) is 23.2 Å². The van der Waals surface area contributed by atoms with Crippen LogP contribution < -0.4 is 0 Å². The van der Waals surface area contributed by atoms with E-state index in [2.05, 4.69) is 15.3 Å². The molecule has 2 aromatic heterocycles. The van der Waals surface area contributed by atoms with Gasteiger partial charge in [-0.3, -0.25) is 4.68 Å². The van der Waals surface area contributed by atoms with Crippen LogP contribution in [0.25, 0.3) is 11.0 Å². The molecule has 1 atom stereocenters. The SMILES string of the molecule is CC(Cl)c1nc2cc(F)c(Cl)cc2n1CCn1ccnn1. The topological polar surface area (TPSA) is 48.5 Å². The summed E-state index contributed by atoms with van der Waals surface area (Å²) in [5, 5.41) is 7.45. The molecule has 0 bridgehead atoms. The van der Waals surface area contributed by atoms with Gasteiger partial charge in [0.1, 0.15) is 11.6 Å². The Morgan fingerprint density at radius 2 is 2.14 bits per heavy atom. The number of rotatable bonds is 4. The lowest BCUT2D eigenvalue weighted by molar-refractivity contribution is 0.515. The van der Waals surface area contributed by atoms with Crippen molar-refractivity contribution in [1.29, 1.82) is 0 Å². The Balaban J connectivity index is 2.04. The number of benzene rings is 1. The standard InChI is InChI=1S/C13H12Cl2FN5/c1-8(14)13-18-11-7-10(16)9(15)6-12(11)21(13)5-4-20-3-2-17-19-20/h2-3,6-8H,4-5H2,1H3. The maximum Gasteiger partial charge on any atom is 0.144 e. The second-order valence-electron chi connectivity index (χ2n) is 4.66. The van der Waals surface area contributed by atoms with Crippen LogP contribution in [0, 0.1) is 5.82 Å². The number of hydrogen-bond acceptors (Lipinski definition) is 3. The third-order valence-corrected chi connectivity index (χ3v) is 3.69. The van der Waals surface area contributed by atoms with E-state index in [0.29, 0.717) is 24.4 Å². The van der Waals surface area contributed by atoms with Crippen LogP contribution in [0.1, 0.15) is 18.1 Å². The quantitative estimate of drug-likeness (QED) is 0.690. The van der Waals surface area contributed by atoms with E-state index in [9.17, 15) is 4.39 Å². The molecule has 3 aromatic rings. The van der Waals surface area contributed by atoms with Gasteiger partial charge in [0.05, 0.1) is 34.2 Å². The summed E-state index contributed by atoms with van der Waals surface area (Å²) in [6.45, 7) is 3.03. The zero-order valence-corrected chi connectivity index (χ0v) is 12.7. The Labute approximate surface area is 130 Å². The second-order valence-corrected chi connectivity index (χ2v) is 5.72. The molecule has 2 heterocycles. The van der Waals surface area contributed by atoms with Gasteiger partial charge in [0, 0.05) is 18.8 Å². The Morgan fingerprint density at radius 3 is 2.81 bits per heavy atom. The van der Waals surface area contributed by atoms with Crippen molar-refractivity contribution in [3.8, 4) is 0 Å². The van der Waals surface area contributed by atoms with Crippen molar-refractivity contribution in [1.82, 2.24) is 24.5 Å². The summed E-state index contributed by atoms with van der Waals surface area (Å²) in [6, 6.07) is 2.90. The minimum atomic E-state index is -0.487. The van der Waals surface area contributed by atoms with Crippen molar-refractivity contribution in [3.63, 3.8) is 0 Å². The van der Waals surface area contributed by atoms with Gasteiger partial charge in [0.25, 0.3) is 0 Å². The first kappa shape index (κ1) is 14.3. The normalized spacial score (nSPS) is 13.0. The number of hydrogen-bond donors (Lipinski definition) is 0. The van der Waals surface area contributed by atoms with Crippen molar-refractivity contribution < 1.29 is 4.39 Å². The maximum absolute atomic E-state index is 13.6. The lowest BCUT2D eigenvalue weighted by Gasteiger charge is -2.10. The van der Waals surface area contributed by atoms with Gasteiger partial charge in [-0.05, 0) is 13.0 Å². The van der Waals surface area contributed by atoms with E-state index in [-0.39, 0.29) is 10.4 Å². The fourth-order valence-corrected chi connectivity index (χ4v) is 2.56. The van der Waals surface area contributed by atoms with E-state index >= 15 is 0 Å². The Hall–Kier alpha value is -1.66. The number of aryl methyl sites for hydroxylation is 2. The van der Waals surface area contributed by atoms with Crippen molar-refractivity contribution in [3.05, 3.63) is 41.2 Å². The number of halogens is 3. The number of alkyl halides is 1. The fraction of sp³-hybridized carbons (Fsp3) is 0.308. The molecule has 0 aliphatic carbocycles. The molecule has 0 aliphatic heterocycles. The Kier molecular flexibility index (Phi) is 3.82. The monoisotopic (exact) mass is 327 g/mol. The van der Waals surface area contributed by atoms with Crippen LogP contribution in [0.2, 0.25) is 5.02 Å². The number of aromatic nitrogens is 5. The maximum atomic E-state index is 13.6. The summed E-state index contributed by atoms with van der Waals surface area (Å²) < 4.78 is 17.2. The van der Waals surface area contributed by atoms with E-state index in [0.717, 1.165) is 5.52 Å². The Morgan fingerprint density at radius 1 is 1.33 bits per heavy atom. The summed E-state index contributed by atoms with van der Waals surface area (Å²) in [5.41, 5.74) is 1.29. The molecule has 0 fully saturated rings. The molecule has 0 N–H and O–H groups in total. The molecule has 21 heavy (non-hydrogen) atoms. The highest BCUT2D eigenvalue weighted by atomic mass is 35.5. The number of imidazole rings is 1. The summed E-state index contributed by atoms with van der Waals surface area (Å²) in [6.07, 6.45) is 3.39. The van der Waals surface area contributed by atoms with Gasteiger partial charge in [-0.15, -0.1) is 16.7 Å². The van der Waals surface area contributed by atoms with Crippen LogP contribution in [0.4, 0.5) is 4.39 Å². The van der Waals surface area contributed by atoms with Gasteiger partial charge in [0.2, 0.25) is 0 Å². The van der Waals surface area contributed by atoms with Gasteiger partial charge in [-0.25, -0.2) is 9.37 Å². The molecule has 1 aromatic carbocycles. The van der Waals surface area contributed by atoms with E-state index in [1.165, 1.54) is 6.07 Å². The molecule has 0 radical (unpaired) electrons. The molecule has 110 valence electrons. The summed E-state index contributed by atoms with van der Waals surface area (Å²) >= 11 is 12.0. The molecule has 0 saturated carbocycles. The first-order valence-electron chi connectivity index (χ1n) is 6.39. The zero-order valence-electron chi connectivity index (χ0n) is 11.2. The molecule has 0 saturated heterocycles. The Bertz CT molecular complexity index is 767. The number of nitrogens with zero attached hydrogens (tertiary/aromatic N) is 5.